The predicted octanol–water partition coefficient (Wildman–Crippen LogP) is 3.56. The quantitative estimate of drug-likeness (QED) is 0.481. The Morgan fingerprint density at radius 1 is 1.38 bits per heavy atom. The van der Waals surface area contributed by atoms with Crippen LogP contribution in [0.5, 0.6) is 5.75 Å². The summed E-state index contributed by atoms with van der Waals surface area (Å²) < 4.78 is 69.9. The van der Waals surface area contributed by atoms with Gasteiger partial charge in [-0.05, 0) is 23.9 Å². The van der Waals surface area contributed by atoms with Gasteiger partial charge in [0.25, 0.3) is 0 Å². The van der Waals surface area contributed by atoms with Crippen LogP contribution >= 0.6 is 11.8 Å². The van der Waals surface area contributed by atoms with Crippen LogP contribution in [0.4, 0.5) is 22.0 Å². The topological polar surface area (TPSA) is 59.3 Å². The van der Waals surface area contributed by atoms with Crippen LogP contribution in [-0.2, 0) is 4.74 Å². The average Bonchev–Trinajstić information content (AvgIpc) is 2.36. The number of ether oxygens (including phenoxy) is 2. The number of halogens is 5. The summed E-state index contributed by atoms with van der Waals surface area (Å²) in [7, 11) is 0.888. The lowest BCUT2D eigenvalue weighted by atomic mass is 10.1. The first kappa shape index (κ1) is 17.0. The fourth-order valence-electron chi connectivity index (χ4n) is 1.38. The molecule has 114 valence electrons. The van der Waals surface area contributed by atoms with Gasteiger partial charge in [-0.3, -0.25) is 0 Å². The predicted molar refractivity (Wildman–Crippen MR) is 61.0 cm³/mol. The molecule has 0 fully saturated rings. The number of nitrogens with zero attached hydrogens (tertiary/aromatic N) is 1. The van der Waals surface area contributed by atoms with Gasteiger partial charge in [0.1, 0.15) is 17.4 Å². The van der Waals surface area contributed by atoms with E-state index in [1.165, 1.54) is 6.07 Å². The summed E-state index contributed by atoms with van der Waals surface area (Å²) in [6, 6.07) is 2.88. The number of thioether (sulfide) groups is 1. The van der Waals surface area contributed by atoms with Gasteiger partial charge < -0.3 is 9.47 Å². The van der Waals surface area contributed by atoms with E-state index in [0.29, 0.717) is 0 Å². The number of carbonyl (C=O) groups is 1. The van der Waals surface area contributed by atoms with Crippen molar-refractivity contribution in [3.05, 3.63) is 23.3 Å². The van der Waals surface area contributed by atoms with E-state index >= 15 is 0 Å². The molecule has 0 spiro atoms. The molecule has 0 heterocycles. The smallest absolute Gasteiger partial charge is 0.446 e. The third-order valence-corrected chi connectivity index (χ3v) is 2.86. The highest BCUT2D eigenvalue weighted by Gasteiger charge is 2.33. The Labute approximate surface area is 119 Å². The maximum atomic E-state index is 12.4. The zero-order valence-corrected chi connectivity index (χ0v) is 11.0. The van der Waals surface area contributed by atoms with Gasteiger partial charge in [0.15, 0.2) is 0 Å². The first-order valence-electron chi connectivity index (χ1n) is 5.05. The Kier molecular flexibility index (Phi) is 5.37. The molecule has 1 aromatic carbocycles. The highest BCUT2D eigenvalue weighted by Crippen LogP contribution is 2.41. The molecular weight excluding hydrogens is 321 g/mol. The number of nitriles is 1. The molecule has 0 amide bonds. The monoisotopic (exact) mass is 327 g/mol. The summed E-state index contributed by atoms with van der Waals surface area (Å²) in [6.45, 7) is -3.32. The van der Waals surface area contributed by atoms with Crippen molar-refractivity contribution in [1.82, 2.24) is 0 Å². The summed E-state index contributed by atoms with van der Waals surface area (Å²) in [5.74, 6) is -1.99. The maximum absolute atomic E-state index is 12.4. The average molecular weight is 327 g/mol. The Balaban J connectivity index is 3.46. The third-order valence-electron chi connectivity index (χ3n) is 2.07. The van der Waals surface area contributed by atoms with Gasteiger partial charge in [0.05, 0.1) is 12.7 Å². The zero-order valence-electron chi connectivity index (χ0n) is 10.2. The number of benzene rings is 1. The van der Waals surface area contributed by atoms with Crippen LogP contribution in [0.25, 0.3) is 0 Å². The van der Waals surface area contributed by atoms with Crippen molar-refractivity contribution in [2.75, 3.05) is 7.11 Å². The molecule has 0 bridgehead atoms. The van der Waals surface area contributed by atoms with E-state index in [4.69, 9.17) is 5.26 Å². The Hall–Kier alpha value is -2.02. The first-order chi connectivity index (χ1) is 9.69. The lowest BCUT2D eigenvalue weighted by Crippen LogP contribution is -2.12. The van der Waals surface area contributed by atoms with Crippen LogP contribution in [0.3, 0.4) is 0 Å². The molecule has 0 aliphatic heterocycles. The lowest BCUT2D eigenvalue weighted by Gasteiger charge is -2.14. The standard InChI is InChI=1S/C11H6F5NO3S/c1-19-9(18)8-5(4-17)7(21-11(14,15)16)3-2-6(8)20-10(12)13/h2-3,10H,1H3. The van der Waals surface area contributed by atoms with Gasteiger partial charge >= 0.3 is 18.1 Å². The number of methoxy groups -OCH3 is 1. The molecule has 0 unspecified atom stereocenters. The van der Waals surface area contributed by atoms with E-state index in [9.17, 15) is 26.7 Å². The SMILES string of the molecule is COC(=O)c1c(OC(F)F)ccc(SC(F)(F)F)c1C#N. The molecule has 4 nitrogen and oxygen atoms in total. The maximum Gasteiger partial charge on any atom is 0.446 e. The minimum atomic E-state index is -4.72. The fraction of sp³-hybridized carbons (Fsp3) is 0.273. The Bertz CT molecular complexity index is 582. The zero-order chi connectivity index (χ0) is 16.2. The summed E-state index contributed by atoms with van der Waals surface area (Å²) in [6.07, 6.45) is 0. The van der Waals surface area contributed by atoms with Crippen LogP contribution in [-0.4, -0.2) is 25.2 Å². The van der Waals surface area contributed by atoms with Crippen molar-refractivity contribution < 1.29 is 36.2 Å². The first-order valence-corrected chi connectivity index (χ1v) is 5.87. The molecule has 0 radical (unpaired) electrons. The summed E-state index contributed by atoms with van der Waals surface area (Å²) in [4.78, 5) is 10.9. The normalized spacial score (nSPS) is 11.1. The number of hydrogen-bond donors (Lipinski definition) is 0. The molecule has 0 aromatic heterocycles. The summed E-state index contributed by atoms with van der Waals surface area (Å²) in [5, 5.41) is 8.92. The van der Waals surface area contributed by atoms with Gasteiger partial charge in [0.2, 0.25) is 0 Å². The molecule has 10 heteroatoms. The summed E-state index contributed by atoms with van der Waals surface area (Å²) >= 11 is -0.652. The molecule has 0 N–H and O–H groups in total. The Morgan fingerprint density at radius 3 is 2.43 bits per heavy atom. The van der Waals surface area contributed by atoms with E-state index in [-0.39, 0.29) is 0 Å². The minimum Gasteiger partial charge on any atom is -0.465 e. The highest BCUT2D eigenvalue weighted by atomic mass is 32.2. The summed E-state index contributed by atoms with van der Waals surface area (Å²) in [5.41, 5.74) is -6.25. The van der Waals surface area contributed by atoms with Gasteiger partial charge in [-0.1, -0.05) is 0 Å². The van der Waals surface area contributed by atoms with Crippen LogP contribution in [0.2, 0.25) is 0 Å². The van der Waals surface area contributed by atoms with Crippen molar-refractivity contribution in [3.63, 3.8) is 0 Å². The van der Waals surface area contributed by atoms with Crippen molar-refractivity contribution in [1.29, 1.82) is 5.26 Å². The van der Waals surface area contributed by atoms with Crippen LogP contribution in [0.1, 0.15) is 15.9 Å². The van der Waals surface area contributed by atoms with Gasteiger partial charge in [-0.15, -0.1) is 0 Å². The van der Waals surface area contributed by atoms with E-state index in [2.05, 4.69) is 9.47 Å². The molecular formula is C11H6F5NO3S. The molecule has 21 heavy (non-hydrogen) atoms. The molecule has 1 rings (SSSR count). The van der Waals surface area contributed by atoms with E-state index in [0.717, 1.165) is 19.2 Å². The van der Waals surface area contributed by atoms with Crippen LogP contribution < -0.4 is 4.74 Å². The largest absolute Gasteiger partial charge is 0.465 e. The molecule has 0 atom stereocenters. The van der Waals surface area contributed by atoms with Gasteiger partial charge in [-0.2, -0.15) is 27.2 Å². The number of esters is 1. The fourth-order valence-corrected chi connectivity index (χ4v) is 2.02. The molecule has 0 aliphatic rings. The molecule has 0 saturated carbocycles. The molecule has 0 aliphatic carbocycles. The molecule has 0 saturated heterocycles. The number of alkyl halides is 5. The Morgan fingerprint density at radius 2 is 2.00 bits per heavy atom. The number of hydrogen-bond acceptors (Lipinski definition) is 5. The highest BCUT2D eigenvalue weighted by molar-refractivity contribution is 8.00. The second-order valence-corrected chi connectivity index (χ2v) is 4.45. The van der Waals surface area contributed by atoms with Crippen LogP contribution in [0, 0.1) is 11.3 Å². The van der Waals surface area contributed by atoms with Crippen molar-refractivity contribution in [3.8, 4) is 11.8 Å². The van der Waals surface area contributed by atoms with Crippen molar-refractivity contribution in [2.24, 2.45) is 0 Å². The van der Waals surface area contributed by atoms with Gasteiger partial charge in [0, 0.05) is 4.90 Å². The van der Waals surface area contributed by atoms with Gasteiger partial charge in [-0.25, -0.2) is 4.79 Å². The minimum absolute atomic E-state index is 0.619. The second kappa shape index (κ2) is 6.62. The number of rotatable bonds is 4. The third kappa shape index (κ3) is 4.49. The van der Waals surface area contributed by atoms with E-state index in [1.54, 1.807) is 0 Å². The molecule has 1 aromatic rings. The number of carbonyl (C=O) groups excluding carboxylic acids is 1. The van der Waals surface area contributed by atoms with Crippen molar-refractivity contribution >= 4 is 17.7 Å². The van der Waals surface area contributed by atoms with Crippen LogP contribution in [0.15, 0.2) is 17.0 Å². The van der Waals surface area contributed by atoms with Crippen molar-refractivity contribution in [2.45, 2.75) is 17.0 Å². The lowest BCUT2D eigenvalue weighted by molar-refractivity contribution is -0.0505. The van der Waals surface area contributed by atoms with E-state index < -0.39 is 51.6 Å². The van der Waals surface area contributed by atoms with E-state index in [1.807, 2.05) is 0 Å². The second-order valence-electron chi connectivity index (χ2n) is 3.34.